The van der Waals surface area contributed by atoms with Gasteiger partial charge >= 0.3 is 0 Å². The van der Waals surface area contributed by atoms with Gasteiger partial charge in [-0.05, 0) is 24.0 Å². The molecule has 0 fully saturated rings. The van der Waals surface area contributed by atoms with Gasteiger partial charge in [-0.1, -0.05) is 26.8 Å². The Kier molecular flexibility index (Phi) is 4.59. The number of phenolic OH excluding ortho intramolecular Hbond substituents is 1. The van der Waals surface area contributed by atoms with E-state index in [2.05, 4.69) is 26.1 Å². The maximum absolute atomic E-state index is 12.0. The molecule has 0 spiro atoms. The third kappa shape index (κ3) is 3.39. The molecule has 0 saturated heterocycles. The average Bonchev–Trinajstić information content (AvgIpc) is 2.36. The van der Waals surface area contributed by atoms with Crippen LogP contribution in [0.1, 0.15) is 37.6 Å². The van der Waals surface area contributed by atoms with Gasteiger partial charge in [0, 0.05) is 6.54 Å². The first-order valence-corrected chi connectivity index (χ1v) is 6.05. The summed E-state index contributed by atoms with van der Waals surface area (Å²) in [4.78, 5) is 12.0. The monoisotopic (exact) mass is 251 g/mol. The fraction of sp³-hybridized carbons (Fsp3) is 0.500. The summed E-state index contributed by atoms with van der Waals surface area (Å²) in [6.07, 6.45) is 0.970. The smallest absolute Gasteiger partial charge is 0.255 e. The van der Waals surface area contributed by atoms with E-state index in [9.17, 15) is 9.90 Å². The zero-order chi connectivity index (χ0) is 13.8. The van der Waals surface area contributed by atoms with Gasteiger partial charge in [0.25, 0.3) is 5.91 Å². The van der Waals surface area contributed by atoms with E-state index in [-0.39, 0.29) is 22.6 Å². The van der Waals surface area contributed by atoms with Gasteiger partial charge in [0.2, 0.25) is 0 Å². The Labute approximate surface area is 108 Å². The van der Waals surface area contributed by atoms with Crippen LogP contribution in [0.3, 0.4) is 0 Å². The van der Waals surface area contributed by atoms with Crippen LogP contribution in [0.2, 0.25) is 0 Å². The van der Waals surface area contributed by atoms with Crippen molar-refractivity contribution in [3.8, 4) is 11.5 Å². The molecule has 4 heteroatoms. The minimum absolute atomic E-state index is 0.0458. The summed E-state index contributed by atoms with van der Waals surface area (Å²) in [5, 5.41) is 12.7. The number of ether oxygens (including phenoxy) is 1. The number of nitrogens with one attached hydrogen (secondary N) is 1. The molecule has 0 aliphatic carbocycles. The van der Waals surface area contributed by atoms with Crippen molar-refractivity contribution in [2.45, 2.75) is 27.2 Å². The predicted molar refractivity (Wildman–Crippen MR) is 71.1 cm³/mol. The van der Waals surface area contributed by atoms with Crippen LogP contribution in [-0.4, -0.2) is 24.7 Å². The Hall–Kier alpha value is -1.71. The number of methoxy groups -OCH3 is 1. The normalized spacial score (nSPS) is 11.1. The average molecular weight is 251 g/mol. The number of para-hydroxylation sites is 1. The molecule has 1 rings (SSSR count). The van der Waals surface area contributed by atoms with Gasteiger partial charge in [0.15, 0.2) is 11.5 Å². The lowest BCUT2D eigenvalue weighted by Crippen LogP contribution is -2.33. The first kappa shape index (κ1) is 14.4. The van der Waals surface area contributed by atoms with Crippen molar-refractivity contribution in [1.29, 1.82) is 0 Å². The zero-order valence-electron chi connectivity index (χ0n) is 11.4. The summed E-state index contributed by atoms with van der Waals surface area (Å²) >= 11 is 0. The number of aromatic hydroxyl groups is 1. The molecule has 0 saturated carbocycles. The number of carbonyl (C=O) groups excluding carboxylic acids is 1. The molecule has 1 aromatic rings. The van der Waals surface area contributed by atoms with Crippen molar-refractivity contribution >= 4 is 5.91 Å². The SMILES string of the molecule is CCC(C)(C)CNC(=O)c1cccc(OC)c1O. The number of hydrogen-bond acceptors (Lipinski definition) is 3. The molecule has 100 valence electrons. The van der Waals surface area contributed by atoms with Gasteiger partial charge in [0.1, 0.15) is 0 Å². The molecule has 18 heavy (non-hydrogen) atoms. The summed E-state index contributed by atoms with van der Waals surface area (Å²) < 4.78 is 4.97. The molecule has 0 radical (unpaired) electrons. The molecule has 0 aliphatic rings. The van der Waals surface area contributed by atoms with E-state index in [1.54, 1.807) is 18.2 Å². The van der Waals surface area contributed by atoms with Gasteiger partial charge in [-0.15, -0.1) is 0 Å². The van der Waals surface area contributed by atoms with Crippen LogP contribution >= 0.6 is 0 Å². The molecule has 1 aromatic carbocycles. The topological polar surface area (TPSA) is 58.6 Å². The van der Waals surface area contributed by atoms with E-state index < -0.39 is 0 Å². The minimum atomic E-state index is -0.284. The maximum Gasteiger partial charge on any atom is 0.255 e. The lowest BCUT2D eigenvalue weighted by Gasteiger charge is -2.23. The quantitative estimate of drug-likeness (QED) is 0.845. The van der Waals surface area contributed by atoms with E-state index >= 15 is 0 Å². The first-order chi connectivity index (χ1) is 8.41. The van der Waals surface area contributed by atoms with Gasteiger partial charge in [-0.3, -0.25) is 4.79 Å². The third-order valence-corrected chi connectivity index (χ3v) is 3.15. The third-order valence-electron chi connectivity index (χ3n) is 3.15. The number of hydrogen-bond donors (Lipinski definition) is 2. The summed E-state index contributed by atoms with van der Waals surface area (Å²) in [6.45, 7) is 6.81. The van der Waals surface area contributed by atoms with Crippen LogP contribution in [0.25, 0.3) is 0 Å². The summed E-state index contributed by atoms with van der Waals surface area (Å²) in [7, 11) is 1.46. The Bertz CT molecular complexity index is 427. The lowest BCUT2D eigenvalue weighted by molar-refractivity contribution is 0.0932. The Morgan fingerprint density at radius 3 is 2.67 bits per heavy atom. The molecule has 0 aliphatic heterocycles. The molecule has 0 unspecified atom stereocenters. The predicted octanol–water partition coefficient (Wildman–Crippen LogP) is 2.57. The summed E-state index contributed by atoms with van der Waals surface area (Å²) in [5.74, 6) is -0.0999. The first-order valence-electron chi connectivity index (χ1n) is 6.05. The minimum Gasteiger partial charge on any atom is -0.504 e. The second-order valence-electron chi connectivity index (χ2n) is 5.06. The number of benzene rings is 1. The molecule has 2 N–H and O–H groups in total. The van der Waals surface area contributed by atoms with Crippen molar-refractivity contribution < 1.29 is 14.6 Å². The van der Waals surface area contributed by atoms with E-state index in [0.29, 0.717) is 12.3 Å². The fourth-order valence-corrected chi connectivity index (χ4v) is 1.41. The highest BCUT2D eigenvalue weighted by molar-refractivity contribution is 5.97. The van der Waals surface area contributed by atoms with Crippen molar-refractivity contribution in [2.24, 2.45) is 5.41 Å². The van der Waals surface area contributed by atoms with Crippen LogP contribution in [0, 0.1) is 5.41 Å². The number of rotatable bonds is 5. The molecule has 0 aromatic heterocycles. The molecule has 0 bridgehead atoms. The largest absolute Gasteiger partial charge is 0.504 e. The maximum atomic E-state index is 12.0. The summed E-state index contributed by atoms with van der Waals surface area (Å²) in [6, 6.07) is 4.87. The van der Waals surface area contributed by atoms with Crippen molar-refractivity contribution in [3.05, 3.63) is 23.8 Å². The molecule has 4 nitrogen and oxygen atoms in total. The van der Waals surface area contributed by atoms with Crippen molar-refractivity contribution in [2.75, 3.05) is 13.7 Å². The highest BCUT2D eigenvalue weighted by Crippen LogP contribution is 2.29. The molecule has 1 amide bonds. The molecule has 0 atom stereocenters. The Morgan fingerprint density at radius 2 is 2.11 bits per heavy atom. The fourth-order valence-electron chi connectivity index (χ4n) is 1.41. The van der Waals surface area contributed by atoms with E-state index in [4.69, 9.17) is 4.74 Å². The molecular weight excluding hydrogens is 230 g/mol. The van der Waals surface area contributed by atoms with Crippen LogP contribution in [-0.2, 0) is 0 Å². The van der Waals surface area contributed by atoms with Crippen molar-refractivity contribution in [1.82, 2.24) is 5.32 Å². The Balaban J connectivity index is 2.79. The highest BCUT2D eigenvalue weighted by Gasteiger charge is 2.19. The van der Waals surface area contributed by atoms with Crippen LogP contribution in [0.5, 0.6) is 11.5 Å². The molecule has 0 heterocycles. The lowest BCUT2D eigenvalue weighted by atomic mass is 9.90. The van der Waals surface area contributed by atoms with E-state index in [1.807, 2.05) is 0 Å². The number of phenols is 1. The number of carbonyl (C=O) groups is 1. The van der Waals surface area contributed by atoms with Gasteiger partial charge < -0.3 is 15.2 Å². The van der Waals surface area contributed by atoms with Crippen LogP contribution in [0.15, 0.2) is 18.2 Å². The number of amides is 1. The van der Waals surface area contributed by atoms with Crippen molar-refractivity contribution in [3.63, 3.8) is 0 Å². The van der Waals surface area contributed by atoms with Gasteiger partial charge in [0.05, 0.1) is 12.7 Å². The Morgan fingerprint density at radius 1 is 1.44 bits per heavy atom. The van der Waals surface area contributed by atoms with Gasteiger partial charge in [-0.25, -0.2) is 0 Å². The van der Waals surface area contributed by atoms with E-state index in [0.717, 1.165) is 6.42 Å². The van der Waals surface area contributed by atoms with Gasteiger partial charge in [-0.2, -0.15) is 0 Å². The second kappa shape index (κ2) is 5.76. The highest BCUT2D eigenvalue weighted by atomic mass is 16.5. The second-order valence-corrected chi connectivity index (χ2v) is 5.06. The van der Waals surface area contributed by atoms with Crippen LogP contribution in [0.4, 0.5) is 0 Å². The van der Waals surface area contributed by atoms with E-state index in [1.165, 1.54) is 7.11 Å². The molecular formula is C14H21NO3. The van der Waals surface area contributed by atoms with Crippen LogP contribution < -0.4 is 10.1 Å². The standard InChI is InChI=1S/C14H21NO3/c1-5-14(2,3)9-15-13(17)10-7-6-8-11(18-4)12(10)16/h6-8,16H,5,9H2,1-4H3,(H,15,17). The zero-order valence-corrected chi connectivity index (χ0v) is 11.4. The summed E-state index contributed by atoms with van der Waals surface area (Å²) in [5.41, 5.74) is 0.283.